The summed E-state index contributed by atoms with van der Waals surface area (Å²) < 4.78 is 10.5. The van der Waals surface area contributed by atoms with E-state index in [1.54, 1.807) is 18.4 Å². The Kier molecular flexibility index (Phi) is 3.51. The Morgan fingerprint density at radius 1 is 1.30 bits per heavy atom. The third kappa shape index (κ3) is 2.59. The van der Waals surface area contributed by atoms with Gasteiger partial charge in [0.1, 0.15) is 5.69 Å². The molecule has 7 nitrogen and oxygen atoms in total. The molecule has 0 unspecified atom stereocenters. The number of nitrogens with zero attached hydrogens (tertiary/aromatic N) is 1. The summed E-state index contributed by atoms with van der Waals surface area (Å²) in [6.45, 7) is 0. The molecular formula is C20H23N3O4. The Morgan fingerprint density at radius 3 is 2.74 bits per heavy atom. The maximum absolute atomic E-state index is 12.9. The second-order valence-electron chi connectivity index (χ2n) is 8.61. The second kappa shape index (κ2) is 5.71. The van der Waals surface area contributed by atoms with Crippen LogP contribution >= 0.6 is 0 Å². The van der Waals surface area contributed by atoms with Crippen molar-refractivity contribution in [1.82, 2.24) is 15.5 Å². The molecule has 7 heteroatoms. The van der Waals surface area contributed by atoms with Crippen LogP contribution < -0.4 is 5.32 Å². The molecule has 27 heavy (non-hydrogen) atoms. The number of carbonyl (C=O) groups excluding carboxylic acids is 2. The standard InChI is InChI=1S/C20H23N3O4/c1-26-18(25)19-7-12-5-13(8-19)10-20(9-12,11-19)21-17(24)15-6-14(22-23-15)16-3-2-4-27-16/h2-4,6,12-13H,5,7-11H2,1H3,(H,21,24)(H,22,23)/t12-,13-,19?,20?/m1/s1. The first kappa shape index (κ1) is 16.6. The molecule has 2 N–H and O–H groups in total. The highest BCUT2D eigenvalue weighted by atomic mass is 16.5. The molecule has 1 amide bonds. The van der Waals surface area contributed by atoms with Gasteiger partial charge in [0.2, 0.25) is 0 Å². The molecule has 0 saturated heterocycles. The summed E-state index contributed by atoms with van der Waals surface area (Å²) in [6.07, 6.45) is 7.05. The predicted octanol–water partition coefficient (Wildman–Crippen LogP) is 2.91. The molecule has 2 aromatic heterocycles. The van der Waals surface area contributed by atoms with Gasteiger partial charge in [0.15, 0.2) is 11.5 Å². The van der Waals surface area contributed by atoms with Crippen molar-refractivity contribution in [3.05, 3.63) is 30.2 Å². The third-order valence-corrected chi connectivity index (χ3v) is 6.66. The first-order chi connectivity index (χ1) is 13.0. The molecular weight excluding hydrogens is 346 g/mol. The average Bonchev–Trinajstić information content (AvgIpc) is 3.30. The number of methoxy groups -OCH3 is 1. The predicted molar refractivity (Wildman–Crippen MR) is 95.6 cm³/mol. The number of hydrogen-bond donors (Lipinski definition) is 2. The Morgan fingerprint density at radius 2 is 2.07 bits per heavy atom. The number of carbonyl (C=O) groups is 2. The lowest BCUT2D eigenvalue weighted by Crippen LogP contribution is -2.64. The summed E-state index contributed by atoms with van der Waals surface area (Å²) in [6, 6.07) is 5.30. The fourth-order valence-electron chi connectivity index (χ4n) is 6.17. The van der Waals surface area contributed by atoms with Crippen molar-refractivity contribution in [1.29, 1.82) is 0 Å². The van der Waals surface area contributed by atoms with Crippen LogP contribution in [0.5, 0.6) is 0 Å². The van der Waals surface area contributed by atoms with Crippen LogP contribution in [0.15, 0.2) is 28.9 Å². The molecule has 142 valence electrons. The van der Waals surface area contributed by atoms with Gasteiger partial charge in [0.25, 0.3) is 5.91 Å². The van der Waals surface area contributed by atoms with Crippen molar-refractivity contribution in [2.45, 2.75) is 44.1 Å². The van der Waals surface area contributed by atoms with Crippen molar-refractivity contribution in [2.24, 2.45) is 17.3 Å². The van der Waals surface area contributed by atoms with Crippen LogP contribution in [0.25, 0.3) is 11.5 Å². The van der Waals surface area contributed by atoms with Gasteiger partial charge in [0, 0.05) is 11.6 Å². The highest BCUT2D eigenvalue weighted by Crippen LogP contribution is 2.62. The van der Waals surface area contributed by atoms with E-state index in [1.807, 2.05) is 6.07 Å². The van der Waals surface area contributed by atoms with Crippen molar-refractivity contribution >= 4 is 11.9 Å². The zero-order valence-corrected chi connectivity index (χ0v) is 15.3. The van der Waals surface area contributed by atoms with E-state index < -0.39 is 5.41 Å². The van der Waals surface area contributed by atoms with E-state index in [0.717, 1.165) is 32.1 Å². The van der Waals surface area contributed by atoms with Gasteiger partial charge >= 0.3 is 5.97 Å². The van der Waals surface area contributed by atoms with Crippen molar-refractivity contribution in [3.63, 3.8) is 0 Å². The molecule has 2 aromatic rings. The highest BCUT2D eigenvalue weighted by Gasteiger charge is 2.61. The number of esters is 1. The number of ether oxygens (including phenoxy) is 1. The van der Waals surface area contributed by atoms with Crippen LogP contribution in [0.3, 0.4) is 0 Å². The van der Waals surface area contributed by atoms with Crippen molar-refractivity contribution < 1.29 is 18.7 Å². The molecule has 4 bridgehead atoms. The van der Waals surface area contributed by atoms with Gasteiger partial charge in [-0.15, -0.1) is 0 Å². The SMILES string of the molecule is COC(=O)C12C[C@H]3C[C@@H](CC(NC(=O)c4cc(-c5ccco5)[nH]n4)(C3)C1)C2. The molecule has 2 heterocycles. The van der Waals surface area contributed by atoms with Crippen LogP contribution in [0, 0.1) is 17.3 Å². The minimum absolute atomic E-state index is 0.116. The molecule has 2 atom stereocenters. The molecule has 0 radical (unpaired) electrons. The summed E-state index contributed by atoms with van der Waals surface area (Å²) in [5.41, 5.74) is 0.238. The summed E-state index contributed by atoms with van der Waals surface area (Å²) >= 11 is 0. The van der Waals surface area contributed by atoms with Crippen molar-refractivity contribution in [2.75, 3.05) is 7.11 Å². The number of nitrogens with one attached hydrogen (secondary N) is 2. The fourth-order valence-corrected chi connectivity index (χ4v) is 6.17. The maximum atomic E-state index is 12.9. The summed E-state index contributed by atoms with van der Waals surface area (Å²) in [7, 11) is 1.46. The van der Waals surface area contributed by atoms with E-state index >= 15 is 0 Å². The van der Waals surface area contributed by atoms with Crippen LogP contribution in [-0.2, 0) is 9.53 Å². The lowest BCUT2D eigenvalue weighted by Gasteiger charge is -2.60. The molecule has 4 aliphatic rings. The van der Waals surface area contributed by atoms with E-state index in [9.17, 15) is 9.59 Å². The average molecular weight is 369 g/mol. The zero-order chi connectivity index (χ0) is 18.6. The van der Waals surface area contributed by atoms with Gasteiger partial charge in [-0.05, 0) is 62.5 Å². The molecule has 4 saturated carbocycles. The number of furan rings is 1. The summed E-state index contributed by atoms with van der Waals surface area (Å²) in [5, 5.41) is 10.2. The lowest BCUT2D eigenvalue weighted by molar-refractivity contribution is -0.171. The fraction of sp³-hybridized carbons (Fsp3) is 0.550. The Balaban J connectivity index is 1.39. The van der Waals surface area contributed by atoms with Crippen LogP contribution in [0.1, 0.15) is 49.0 Å². The number of H-pyrrole nitrogens is 1. The summed E-state index contributed by atoms with van der Waals surface area (Å²) in [4.78, 5) is 25.5. The van der Waals surface area contributed by atoms with E-state index in [2.05, 4.69) is 15.5 Å². The minimum atomic E-state index is -0.434. The first-order valence-corrected chi connectivity index (χ1v) is 9.51. The number of amides is 1. The van der Waals surface area contributed by atoms with E-state index in [4.69, 9.17) is 9.15 Å². The second-order valence-corrected chi connectivity index (χ2v) is 8.61. The first-order valence-electron chi connectivity index (χ1n) is 9.51. The van der Waals surface area contributed by atoms with Crippen LogP contribution in [0.4, 0.5) is 0 Å². The van der Waals surface area contributed by atoms with E-state index in [1.165, 1.54) is 7.11 Å². The van der Waals surface area contributed by atoms with E-state index in [-0.39, 0.29) is 17.4 Å². The van der Waals surface area contributed by atoms with Crippen molar-refractivity contribution in [3.8, 4) is 11.5 Å². The largest absolute Gasteiger partial charge is 0.469 e. The highest BCUT2D eigenvalue weighted by molar-refractivity contribution is 5.94. The third-order valence-electron chi connectivity index (χ3n) is 6.66. The monoisotopic (exact) mass is 369 g/mol. The smallest absolute Gasteiger partial charge is 0.311 e. The van der Waals surface area contributed by atoms with Gasteiger partial charge in [0.05, 0.1) is 18.8 Å². The lowest BCUT2D eigenvalue weighted by atomic mass is 9.47. The van der Waals surface area contributed by atoms with Gasteiger partial charge in [-0.2, -0.15) is 5.10 Å². The van der Waals surface area contributed by atoms with E-state index in [0.29, 0.717) is 35.4 Å². The Hall–Kier alpha value is -2.57. The number of hydrogen-bond acceptors (Lipinski definition) is 5. The molecule has 6 rings (SSSR count). The maximum Gasteiger partial charge on any atom is 0.311 e. The van der Waals surface area contributed by atoms with Gasteiger partial charge in [-0.3, -0.25) is 14.7 Å². The molecule has 4 fully saturated rings. The van der Waals surface area contributed by atoms with Gasteiger partial charge in [-0.1, -0.05) is 0 Å². The molecule has 0 aliphatic heterocycles. The van der Waals surface area contributed by atoms with Gasteiger partial charge < -0.3 is 14.5 Å². The van der Waals surface area contributed by atoms with Crippen LogP contribution in [-0.4, -0.2) is 34.7 Å². The number of rotatable bonds is 4. The van der Waals surface area contributed by atoms with Gasteiger partial charge in [-0.25, -0.2) is 0 Å². The number of aromatic amines is 1. The molecule has 0 aromatic carbocycles. The quantitative estimate of drug-likeness (QED) is 0.808. The Bertz CT molecular complexity index is 871. The zero-order valence-electron chi connectivity index (χ0n) is 15.3. The molecule has 4 aliphatic carbocycles. The minimum Gasteiger partial charge on any atom is -0.469 e. The molecule has 0 spiro atoms. The van der Waals surface area contributed by atoms with Crippen LogP contribution in [0.2, 0.25) is 0 Å². The Labute approximate surface area is 156 Å². The normalized spacial score (nSPS) is 33.8. The summed E-state index contributed by atoms with van der Waals surface area (Å²) in [5.74, 6) is 1.27. The topological polar surface area (TPSA) is 97.2 Å². The number of aromatic nitrogens is 2.